The topological polar surface area (TPSA) is 84.0 Å². The molecule has 4 rings (SSSR count). The molecule has 2 aliphatic heterocycles. The Morgan fingerprint density at radius 2 is 1.06 bits per heavy atom. The van der Waals surface area contributed by atoms with Gasteiger partial charge < -0.3 is 4.74 Å². The highest BCUT2D eigenvalue weighted by Gasteiger charge is 2.39. The third kappa shape index (κ3) is 5.17. The lowest BCUT2D eigenvalue weighted by molar-refractivity contribution is 0.0697. The van der Waals surface area contributed by atoms with Crippen LogP contribution in [0.25, 0.3) is 0 Å². The summed E-state index contributed by atoms with van der Waals surface area (Å²) in [5.74, 6) is 0. The van der Waals surface area contributed by atoms with E-state index in [1.807, 2.05) is 38.1 Å². The van der Waals surface area contributed by atoms with Gasteiger partial charge in [0.2, 0.25) is 20.0 Å². The van der Waals surface area contributed by atoms with Gasteiger partial charge in [-0.25, -0.2) is 16.8 Å². The molecule has 33 heavy (non-hydrogen) atoms. The van der Waals surface area contributed by atoms with E-state index in [-0.39, 0.29) is 12.1 Å². The van der Waals surface area contributed by atoms with Crippen LogP contribution in [-0.4, -0.2) is 63.8 Å². The maximum Gasteiger partial charge on any atom is 0.243 e. The van der Waals surface area contributed by atoms with Crippen LogP contribution in [0.1, 0.15) is 36.8 Å². The SMILES string of the molecule is Cc1ccc(S(=O)(=O)N2CCC2CCOCCC2CCN2S(=O)(=O)c2ccc(C)cc2)cc1. The first-order valence-electron chi connectivity index (χ1n) is 11.4. The molecule has 0 bridgehead atoms. The van der Waals surface area contributed by atoms with Crippen molar-refractivity contribution in [2.24, 2.45) is 0 Å². The summed E-state index contributed by atoms with van der Waals surface area (Å²) in [6, 6.07) is 13.8. The zero-order valence-corrected chi connectivity index (χ0v) is 20.8. The molecule has 0 amide bonds. The molecule has 2 unspecified atom stereocenters. The molecule has 2 fully saturated rings. The Morgan fingerprint density at radius 1 is 0.697 bits per heavy atom. The van der Waals surface area contributed by atoms with E-state index in [0.717, 1.165) is 24.0 Å². The number of benzene rings is 2. The molecule has 0 aromatic heterocycles. The summed E-state index contributed by atoms with van der Waals surface area (Å²) in [6.45, 7) is 5.86. The number of rotatable bonds is 10. The fraction of sp³-hybridized carbons (Fsp3) is 0.500. The minimum Gasteiger partial charge on any atom is -0.381 e. The van der Waals surface area contributed by atoms with Gasteiger partial charge in [0, 0.05) is 38.4 Å². The first-order chi connectivity index (χ1) is 15.7. The molecule has 2 atom stereocenters. The third-order valence-corrected chi connectivity index (χ3v) is 10.6. The molecule has 7 nitrogen and oxygen atoms in total. The lowest BCUT2D eigenvalue weighted by Crippen LogP contribution is -2.51. The van der Waals surface area contributed by atoms with Gasteiger partial charge in [-0.15, -0.1) is 0 Å². The first kappa shape index (κ1) is 24.3. The standard InChI is InChI=1S/C24H32N2O5S2/c1-19-3-7-23(8-4-19)32(27,28)25-15-11-21(25)13-17-31-18-14-22-12-16-26(22)33(29,30)24-9-5-20(2)6-10-24/h3-10,21-22H,11-18H2,1-2H3. The molecule has 2 aliphatic rings. The summed E-state index contributed by atoms with van der Waals surface area (Å²) in [5.41, 5.74) is 2.05. The van der Waals surface area contributed by atoms with E-state index < -0.39 is 20.0 Å². The van der Waals surface area contributed by atoms with Crippen LogP contribution >= 0.6 is 0 Å². The van der Waals surface area contributed by atoms with Gasteiger partial charge in [-0.2, -0.15) is 8.61 Å². The van der Waals surface area contributed by atoms with E-state index in [4.69, 9.17) is 4.74 Å². The van der Waals surface area contributed by atoms with Crippen molar-refractivity contribution in [1.29, 1.82) is 0 Å². The lowest BCUT2D eigenvalue weighted by Gasteiger charge is -2.40. The molecule has 0 N–H and O–H groups in total. The zero-order chi connectivity index (χ0) is 23.6. The molecule has 0 radical (unpaired) electrons. The fourth-order valence-corrected chi connectivity index (χ4v) is 7.68. The van der Waals surface area contributed by atoms with Gasteiger partial charge in [0.25, 0.3) is 0 Å². The first-order valence-corrected chi connectivity index (χ1v) is 14.3. The van der Waals surface area contributed by atoms with E-state index in [1.165, 1.54) is 0 Å². The Labute approximate surface area is 197 Å². The van der Waals surface area contributed by atoms with E-state index in [9.17, 15) is 16.8 Å². The van der Waals surface area contributed by atoms with Crippen LogP contribution in [0.5, 0.6) is 0 Å². The number of hydrogen-bond donors (Lipinski definition) is 0. The number of hydrogen-bond acceptors (Lipinski definition) is 5. The van der Waals surface area contributed by atoms with E-state index in [1.54, 1.807) is 32.9 Å². The molecule has 2 aromatic carbocycles. The lowest BCUT2D eigenvalue weighted by atomic mass is 10.0. The highest BCUT2D eigenvalue weighted by Crippen LogP contribution is 2.30. The molecule has 0 aliphatic carbocycles. The quantitative estimate of drug-likeness (QED) is 0.475. The molecule has 2 heterocycles. The summed E-state index contributed by atoms with van der Waals surface area (Å²) >= 11 is 0. The van der Waals surface area contributed by atoms with Crippen LogP contribution in [0.3, 0.4) is 0 Å². The van der Waals surface area contributed by atoms with Crippen LogP contribution in [0.4, 0.5) is 0 Å². The largest absolute Gasteiger partial charge is 0.381 e. The van der Waals surface area contributed by atoms with Crippen molar-refractivity contribution >= 4 is 20.0 Å². The van der Waals surface area contributed by atoms with Crippen molar-refractivity contribution in [3.8, 4) is 0 Å². The highest BCUT2D eigenvalue weighted by atomic mass is 32.2. The van der Waals surface area contributed by atoms with Crippen molar-refractivity contribution in [2.45, 2.75) is 61.4 Å². The van der Waals surface area contributed by atoms with Gasteiger partial charge >= 0.3 is 0 Å². The van der Waals surface area contributed by atoms with Gasteiger partial charge in [0.05, 0.1) is 9.79 Å². The number of aryl methyl sites for hydroxylation is 2. The smallest absolute Gasteiger partial charge is 0.243 e. The second kappa shape index (κ2) is 9.84. The molecular formula is C24H32N2O5S2. The van der Waals surface area contributed by atoms with Gasteiger partial charge in [-0.1, -0.05) is 35.4 Å². The average molecular weight is 493 g/mol. The Morgan fingerprint density at radius 3 is 1.36 bits per heavy atom. The summed E-state index contributed by atoms with van der Waals surface area (Å²) in [5, 5.41) is 0. The molecule has 2 aromatic rings. The zero-order valence-electron chi connectivity index (χ0n) is 19.2. The van der Waals surface area contributed by atoms with Crippen LogP contribution in [0, 0.1) is 13.8 Å². The minimum absolute atomic E-state index is 0.0431. The normalized spacial score (nSPS) is 22.0. The maximum absolute atomic E-state index is 12.8. The Hall–Kier alpha value is -1.78. The van der Waals surface area contributed by atoms with E-state index >= 15 is 0 Å². The predicted molar refractivity (Wildman–Crippen MR) is 127 cm³/mol. The van der Waals surface area contributed by atoms with Gasteiger partial charge in [0.1, 0.15) is 0 Å². The number of sulfonamides is 2. The third-order valence-electron chi connectivity index (χ3n) is 6.63. The summed E-state index contributed by atoms with van der Waals surface area (Å²) in [4.78, 5) is 0.664. The highest BCUT2D eigenvalue weighted by molar-refractivity contribution is 7.89. The average Bonchev–Trinajstić information content (AvgIpc) is 2.71. The second-order valence-electron chi connectivity index (χ2n) is 8.93. The maximum atomic E-state index is 12.8. The van der Waals surface area contributed by atoms with Crippen molar-refractivity contribution in [3.05, 3.63) is 59.7 Å². The van der Waals surface area contributed by atoms with Crippen LogP contribution in [0.2, 0.25) is 0 Å². The Kier molecular flexibility index (Phi) is 7.26. The number of nitrogens with zero attached hydrogens (tertiary/aromatic N) is 2. The van der Waals surface area contributed by atoms with E-state index in [2.05, 4.69) is 0 Å². The predicted octanol–water partition coefficient (Wildman–Crippen LogP) is 3.33. The van der Waals surface area contributed by atoms with Crippen molar-refractivity contribution in [2.75, 3.05) is 26.3 Å². The van der Waals surface area contributed by atoms with Gasteiger partial charge in [-0.3, -0.25) is 0 Å². The van der Waals surface area contributed by atoms with Crippen molar-refractivity contribution in [3.63, 3.8) is 0 Å². The van der Waals surface area contributed by atoms with Crippen LogP contribution in [-0.2, 0) is 24.8 Å². The molecule has 0 spiro atoms. The molecule has 0 saturated carbocycles. The number of ether oxygens (including phenoxy) is 1. The van der Waals surface area contributed by atoms with Gasteiger partial charge in [-0.05, 0) is 63.8 Å². The molecular weight excluding hydrogens is 460 g/mol. The summed E-state index contributed by atoms with van der Waals surface area (Å²) in [7, 11) is -6.93. The van der Waals surface area contributed by atoms with Crippen LogP contribution in [0.15, 0.2) is 58.3 Å². The van der Waals surface area contributed by atoms with Crippen LogP contribution < -0.4 is 0 Å². The van der Waals surface area contributed by atoms with E-state index in [0.29, 0.717) is 48.9 Å². The molecule has 180 valence electrons. The summed E-state index contributed by atoms with van der Waals surface area (Å²) < 4.78 is 60.3. The molecule has 9 heteroatoms. The second-order valence-corrected chi connectivity index (χ2v) is 12.7. The van der Waals surface area contributed by atoms with Crippen molar-refractivity contribution < 1.29 is 21.6 Å². The molecule has 2 saturated heterocycles. The Balaban J connectivity index is 1.22. The van der Waals surface area contributed by atoms with Gasteiger partial charge in [0.15, 0.2) is 0 Å². The Bertz CT molecular complexity index is 1070. The fourth-order valence-electron chi connectivity index (χ4n) is 4.28. The minimum atomic E-state index is -3.47. The monoisotopic (exact) mass is 492 g/mol. The van der Waals surface area contributed by atoms with Crippen molar-refractivity contribution in [1.82, 2.24) is 8.61 Å². The summed E-state index contributed by atoms with van der Waals surface area (Å²) in [6.07, 6.45) is 2.95.